The van der Waals surface area contributed by atoms with Crippen molar-refractivity contribution in [3.05, 3.63) is 35.1 Å². The molecule has 0 radical (unpaired) electrons. The summed E-state index contributed by atoms with van der Waals surface area (Å²) in [6.07, 6.45) is 7.96. The Morgan fingerprint density at radius 3 is 2.60 bits per heavy atom. The zero-order valence-corrected chi connectivity index (χ0v) is 12.2. The van der Waals surface area contributed by atoms with Crippen molar-refractivity contribution >= 4 is 0 Å². The molecule has 1 fully saturated rings. The van der Waals surface area contributed by atoms with E-state index in [-0.39, 0.29) is 5.82 Å². The Hall–Kier alpha value is -1.40. The van der Waals surface area contributed by atoms with Gasteiger partial charge in [0.15, 0.2) is 0 Å². The molecule has 0 amide bonds. The Bertz CT molecular complexity index is 470. The summed E-state index contributed by atoms with van der Waals surface area (Å²) in [7, 11) is 0. The third kappa shape index (κ3) is 4.31. The van der Waals surface area contributed by atoms with Crippen LogP contribution in [0.5, 0.6) is 0 Å². The summed E-state index contributed by atoms with van der Waals surface area (Å²) in [5.74, 6) is 0.393. The molecule has 1 saturated carbocycles. The molecule has 1 N–H and O–H groups in total. The second-order valence-corrected chi connectivity index (χ2v) is 5.88. The van der Waals surface area contributed by atoms with Gasteiger partial charge in [0.05, 0.1) is 11.6 Å². The Morgan fingerprint density at radius 1 is 1.25 bits per heavy atom. The molecular formula is C17H23FN2. The zero-order chi connectivity index (χ0) is 14.4. The fourth-order valence-corrected chi connectivity index (χ4v) is 3.07. The summed E-state index contributed by atoms with van der Waals surface area (Å²) in [6.45, 7) is 2.85. The summed E-state index contributed by atoms with van der Waals surface area (Å²) in [5.41, 5.74) is 1.24. The average molecular weight is 274 g/mol. The molecule has 0 saturated heterocycles. The quantitative estimate of drug-likeness (QED) is 0.837. The van der Waals surface area contributed by atoms with Gasteiger partial charge >= 0.3 is 0 Å². The maximum Gasteiger partial charge on any atom is 0.124 e. The predicted octanol–water partition coefficient (Wildman–Crippen LogP) is 4.15. The first-order valence-electron chi connectivity index (χ1n) is 7.62. The molecule has 0 aromatic heterocycles. The Labute approximate surface area is 121 Å². The van der Waals surface area contributed by atoms with Gasteiger partial charge in [0.1, 0.15) is 5.82 Å². The molecule has 0 spiro atoms. The van der Waals surface area contributed by atoms with Crippen LogP contribution in [0.4, 0.5) is 4.39 Å². The molecule has 0 bridgehead atoms. The standard InChI is InChI=1S/C17H23FN2/c1-13(16-6-4-2-3-5-7-16)20-12-15-8-14(11-19)9-17(18)10-15/h8-10,13,16,20H,2-7,12H2,1H3/t13-/m0/s1. The average Bonchev–Trinajstić information content (AvgIpc) is 2.73. The van der Waals surface area contributed by atoms with Crippen molar-refractivity contribution in [2.24, 2.45) is 5.92 Å². The topological polar surface area (TPSA) is 35.8 Å². The Kier molecular flexibility index (Phi) is 5.55. The highest BCUT2D eigenvalue weighted by Gasteiger charge is 2.18. The second kappa shape index (κ2) is 7.40. The summed E-state index contributed by atoms with van der Waals surface area (Å²) in [6, 6.07) is 6.99. The van der Waals surface area contributed by atoms with Gasteiger partial charge in [-0.1, -0.05) is 25.7 Å². The molecule has 1 aromatic carbocycles. The van der Waals surface area contributed by atoms with E-state index in [1.807, 2.05) is 6.07 Å². The van der Waals surface area contributed by atoms with Crippen molar-refractivity contribution in [2.75, 3.05) is 0 Å². The summed E-state index contributed by atoms with van der Waals surface area (Å²) >= 11 is 0. The number of rotatable bonds is 4. The van der Waals surface area contributed by atoms with E-state index >= 15 is 0 Å². The molecule has 3 heteroatoms. The molecule has 1 aliphatic carbocycles. The monoisotopic (exact) mass is 274 g/mol. The van der Waals surface area contributed by atoms with Crippen molar-refractivity contribution < 1.29 is 4.39 Å². The maximum absolute atomic E-state index is 13.4. The van der Waals surface area contributed by atoms with E-state index in [0.29, 0.717) is 18.2 Å². The van der Waals surface area contributed by atoms with Gasteiger partial charge in [-0.15, -0.1) is 0 Å². The minimum Gasteiger partial charge on any atom is -0.310 e. The maximum atomic E-state index is 13.4. The van der Waals surface area contributed by atoms with Crippen LogP contribution in [0, 0.1) is 23.1 Å². The van der Waals surface area contributed by atoms with E-state index in [1.54, 1.807) is 6.07 Å². The van der Waals surface area contributed by atoms with Gasteiger partial charge < -0.3 is 5.32 Å². The number of hydrogen-bond acceptors (Lipinski definition) is 2. The Balaban J connectivity index is 1.90. The second-order valence-electron chi connectivity index (χ2n) is 5.88. The minimum absolute atomic E-state index is 0.331. The zero-order valence-electron chi connectivity index (χ0n) is 12.2. The first-order chi connectivity index (χ1) is 9.69. The van der Waals surface area contributed by atoms with Gasteiger partial charge in [0.2, 0.25) is 0 Å². The molecule has 1 atom stereocenters. The Morgan fingerprint density at radius 2 is 1.95 bits per heavy atom. The predicted molar refractivity (Wildman–Crippen MR) is 78.6 cm³/mol. The van der Waals surface area contributed by atoms with Crippen LogP contribution in [-0.4, -0.2) is 6.04 Å². The van der Waals surface area contributed by atoms with Crippen LogP contribution in [0.15, 0.2) is 18.2 Å². The third-order valence-electron chi connectivity index (χ3n) is 4.32. The van der Waals surface area contributed by atoms with Crippen molar-refractivity contribution in [1.29, 1.82) is 5.26 Å². The lowest BCUT2D eigenvalue weighted by Crippen LogP contribution is -2.33. The third-order valence-corrected chi connectivity index (χ3v) is 4.32. The number of halogens is 1. The van der Waals surface area contributed by atoms with Crippen molar-refractivity contribution in [3.8, 4) is 6.07 Å². The normalized spacial score (nSPS) is 18.2. The van der Waals surface area contributed by atoms with Gasteiger partial charge in [0, 0.05) is 12.6 Å². The molecule has 1 aromatic rings. The molecule has 2 rings (SSSR count). The van der Waals surface area contributed by atoms with Gasteiger partial charge in [-0.2, -0.15) is 5.26 Å². The molecule has 1 aliphatic rings. The minimum atomic E-state index is -0.331. The van der Waals surface area contributed by atoms with Gasteiger partial charge in [-0.05, 0) is 49.4 Å². The first-order valence-corrected chi connectivity index (χ1v) is 7.62. The van der Waals surface area contributed by atoms with Gasteiger partial charge in [0.25, 0.3) is 0 Å². The summed E-state index contributed by atoms with van der Waals surface area (Å²) < 4.78 is 13.4. The molecule has 0 unspecified atom stereocenters. The van der Waals surface area contributed by atoms with Gasteiger partial charge in [-0.3, -0.25) is 0 Å². The number of hydrogen-bond donors (Lipinski definition) is 1. The lowest BCUT2D eigenvalue weighted by molar-refractivity contribution is 0.336. The van der Waals surface area contributed by atoms with Crippen molar-refractivity contribution in [2.45, 2.75) is 58.0 Å². The van der Waals surface area contributed by atoms with Crippen LogP contribution in [-0.2, 0) is 6.54 Å². The lowest BCUT2D eigenvalue weighted by Gasteiger charge is -2.23. The molecule has 20 heavy (non-hydrogen) atoms. The fraction of sp³-hybridized carbons (Fsp3) is 0.588. The largest absolute Gasteiger partial charge is 0.310 e. The summed E-state index contributed by atoms with van der Waals surface area (Å²) in [4.78, 5) is 0. The van der Waals surface area contributed by atoms with Crippen LogP contribution in [0.2, 0.25) is 0 Å². The lowest BCUT2D eigenvalue weighted by atomic mass is 9.93. The van der Waals surface area contributed by atoms with Crippen LogP contribution in [0.25, 0.3) is 0 Å². The molecular weight excluding hydrogens is 251 g/mol. The van der Waals surface area contributed by atoms with E-state index in [9.17, 15) is 4.39 Å². The fourth-order valence-electron chi connectivity index (χ4n) is 3.07. The van der Waals surface area contributed by atoms with Crippen LogP contribution in [0.3, 0.4) is 0 Å². The number of nitrogens with one attached hydrogen (secondary N) is 1. The van der Waals surface area contributed by atoms with E-state index in [2.05, 4.69) is 12.2 Å². The van der Waals surface area contributed by atoms with Gasteiger partial charge in [-0.25, -0.2) is 4.39 Å². The number of benzene rings is 1. The van der Waals surface area contributed by atoms with Crippen LogP contribution < -0.4 is 5.32 Å². The smallest absolute Gasteiger partial charge is 0.124 e. The van der Waals surface area contributed by atoms with E-state index in [4.69, 9.17) is 5.26 Å². The first kappa shape index (κ1) is 15.0. The molecule has 2 nitrogen and oxygen atoms in total. The van der Waals surface area contributed by atoms with E-state index in [1.165, 1.54) is 50.7 Å². The van der Waals surface area contributed by atoms with E-state index in [0.717, 1.165) is 11.5 Å². The van der Waals surface area contributed by atoms with Crippen molar-refractivity contribution in [1.82, 2.24) is 5.32 Å². The highest BCUT2D eigenvalue weighted by Crippen LogP contribution is 2.25. The molecule has 0 heterocycles. The number of nitrogens with zero attached hydrogens (tertiary/aromatic N) is 1. The molecule has 0 aliphatic heterocycles. The van der Waals surface area contributed by atoms with E-state index < -0.39 is 0 Å². The van der Waals surface area contributed by atoms with Crippen LogP contribution >= 0.6 is 0 Å². The highest BCUT2D eigenvalue weighted by atomic mass is 19.1. The molecule has 108 valence electrons. The summed E-state index contributed by atoms with van der Waals surface area (Å²) in [5, 5.41) is 12.4. The number of nitriles is 1. The van der Waals surface area contributed by atoms with Crippen LogP contribution in [0.1, 0.15) is 56.6 Å². The highest BCUT2D eigenvalue weighted by molar-refractivity contribution is 5.33. The SMILES string of the molecule is C[C@H](NCc1cc(F)cc(C#N)c1)C1CCCCCC1. The van der Waals surface area contributed by atoms with Crippen molar-refractivity contribution in [3.63, 3.8) is 0 Å².